The molecule has 2 aromatic rings. The Bertz CT molecular complexity index is 1170. The summed E-state index contributed by atoms with van der Waals surface area (Å²) in [6.07, 6.45) is -4.86. The number of hydrogen-bond donors (Lipinski definition) is 5. The molecule has 0 saturated carbocycles. The molecule has 0 radical (unpaired) electrons. The maximum Gasteiger partial charge on any atom is 0.341 e. The van der Waals surface area contributed by atoms with E-state index in [4.69, 9.17) is 19.3 Å². The SMILES string of the molecule is CCCc1nn(O)c2c(=O)n(C3OC(COC(C(=O)O)P(NC(C)C)OCC#N)C(O)C3O)nnc12. The number of rotatable bonds is 12. The van der Waals surface area contributed by atoms with Crippen molar-refractivity contribution in [3.8, 4) is 6.07 Å². The van der Waals surface area contributed by atoms with Crippen LogP contribution in [0.4, 0.5) is 0 Å². The number of hydrogen-bond acceptors (Lipinski definition) is 13. The summed E-state index contributed by atoms with van der Waals surface area (Å²) < 4.78 is 17.0. The van der Waals surface area contributed by atoms with Gasteiger partial charge in [0.05, 0.1) is 18.4 Å². The van der Waals surface area contributed by atoms with Gasteiger partial charge in [0.1, 0.15) is 38.7 Å². The minimum Gasteiger partial charge on any atom is -0.479 e. The highest BCUT2D eigenvalue weighted by Crippen LogP contribution is 2.40. The third-order valence-electron chi connectivity index (χ3n) is 5.13. The first-order valence-corrected chi connectivity index (χ1v) is 12.4. The number of carboxylic acids is 1. The molecule has 0 aliphatic carbocycles. The van der Waals surface area contributed by atoms with E-state index < -0.39 is 56.8 Å². The minimum absolute atomic E-state index is 0.0983. The van der Waals surface area contributed by atoms with Gasteiger partial charge in [0, 0.05) is 6.04 Å². The van der Waals surface area contributed by atoms with Gasteiger partial charge in [-0.3, -0.25) is 9.88 Å². The molecule has 5 N–H and O–H groups in total. The number of aliphatic carboxylic acids is 1. The fourth-order valence-electron chi connectivity index (χ4n) is 3.57. The Morgan fingerprint density at radius 3 is 2.69 bits per heavy atom. The fraction of sp³-hybridized carbons (Fsp3) is 0.684. The summed E-state index contributed by atoms with van der Waals surface area (Å²) in [4.78, 5) is 25.2. The predicted octanol–water partition coefficient (Wildman–Crippen LogP) is -0.926. The maximum atomic E-state index is 13.0. The van der Waals surface area contributed by atoms with E-state index in [0.717, 1.165) is 0 Å². The molecule has 0 spiro atoms. The van der Waals surface area contributed by atoms with Gasteiger partial charge < -0.3 is 34.5 Å². The van der Waals surface area contributed by atoms with Crippen LogP contribution in [-0.4, -0.2) is 94.8 Å². The van der Waals surface area contributed by atoms with Gasteiger partial charge in [-0.2, -0.15) is 9.94 Å². The Balaban J connectivity index is 1.79. The average Bonchev–Trinajstić information content (AvgIpc) is 3.28. The molecule has 16 nitrogen and oxygen atoms in total. The molecule has 2 aromatic heterocycles. The van der Waals surface area contributed by atoms with Crippen LogP contribution < -0.4 is 10.6 Å². The van der Waals surface area contributed by atoms with Crippen molar-refractivity contribution < 1.29 is 39.3 Å². The second-order valence-corrected chi connectivity index (χ2v) is 9.87. The summed E-state index contributed by atoms with van der Waals surface area (Å²) in [6, 6.07) is 1.59. The largest absolute Gasteiger partial charge is 0.479 e. The van der Waals surface area contributed by atoms with Crippen molar-refractivity contribution in [2.45, 2.75) is 70.0 Å². The van der Waals surface area contributed by atoms with Gasteiger partial charge in [-0.15, -0.1) is 10.2 Å². The lowest BCUT2D eigenvalue weighted by molar-refractivity contribution is -0.148. The molecule has 1 aliphatic heterocycles. The highest BCUT2D eigenvalue weighted by molar-refractivity contribution is 7.52. The Morgan fingerprint density at radius 2 is 2.08 bits per heavy atom. The Labute approximate surface area is 205 Å². The number of nitrogens with zero attached hydrogens (tertiary/aromatic N) is 6. The van der Waals surface area contributed by atoms with Crippen molar-refractivity contribution in [2.24, 2.45) is 0 Å². The van der Waals surface area contributed by atoms with Gasteiger partial charge in [0.25, 0.3) is 0 Å². The molecule has 6 atom stereocenters. The minimum atomic E-state index is -1.95. The molecule has 1 saturated heterocycles. The van der Waals surface area contributed by atoms with Gasteiger partial charge >= 0.3 is 11.5 Å². The normalized spacial score (nSPS) is 23.7. The van der Waals surface area contributed by atoms with Crippen LogP contribution in [0.15, 0.2) is 4.79 Å². The molecule has 0 bridgehead atoms. The molecule has 17 heteroatoms. The van der Waals surface area contributed by atoms with E-state index in [9.17, 15) is 30.1 Å². The summed E-state index contributed by atoms with van der Waals surface area (Å²) in [5, 5.41) is 64.0. The van der Waals surface area contributed by atoms with Crippen molar-refractivity contribution in [2.75, 3.05) is 13.2 Å². The van der Waals surface area contributed by atoms with Crippen molar-refractivity contribution in [3.63, 3.8) is 0 Å². The molecule has 36 heavy (non-hydrogen) atoms. The number of aryl methyl sites for hydroxylation is 1. The number of carbonyl (C=O) groups is 1. The van der Waals surface area contributed by atoms with Crippen LogP contribution in [0.2, 0.25) is 0 Å². The van der Waals surface area contributed by atoms with E-state index in [-0.39, 0.29) is 23.7 Å². The van der Waals surface area contributed by atoms with Crippen LogP contribution in [0.25, 0.3) is 11.0 Å². The second-order valence-electron chi connectivity index (χ2n) is 8.23. The van der Waals surface area contributed by atoms with Crippen LogP contribution in [0.3, 0.4) is 0 Å². The first kappa shape index (κ1) is 27.8. The third kappa shape index (κ3) is 5.79. The first-order chi connectivity index (χ1) is 17.1. The monoisotopic (exact) mass is 529 g/mol. The van der Waals surface area contributed by atoms with Crippen molar-refractivity contribution in [1.82, 2.24) is 30.0 Å². The number of nitrogens with one attached hydrogen (secondary N) is 1. The lowest BCUT2D eigenvalue weighted by Gasteiger charge is -2.26. The lowest BCUT2D eigenvalue weighted by atomic mass is 10.1. The number of carboxylic acid groups (broad SMARTS) is 1. The van der Waals surface area contributed by atoms with Crippen molar-refractivity contribution in [3.05, 3.63) is 16.0 Å². The van der Waals surface area contributed by atoms with Crippen LogP contribution >= 0.6 is 8.30 Å². The van der Waals surface area contributed by atoms with Gasteiger partial charge in [-0.25, -0.2) is 4.79 Å². The fourth-order valence-corrected chi connectivity index (χ4v) is 5.04. The number of nitriles is 1. The van der Waals surface area contributed by atoms with E-state index in [0.29, 0.717) is 28.1 Å². The smallest absolute Gasteiger partial charge is 0.341 e. The Morgan fingerprint density at radius 1 is 1.36 bits per heavy atom. The van der Waals surface area contributed by atoms with Crippen LogP contribution in [-0.2, 0) is 25.2 Å². The highest BCUT2D eigenvalue weighted by Gasteiger charge is 2.46. The van der Waals surface area contributed by atoms with Gasteiger partial charge in [-0.05, 0) is 20.3 Å². The number of aliphatic hydroxyl groups is 2. The van der Waals surface area contributed by atoms with Crippen LogP contribution in [0.5, 0.6) is 0 Å². The molecule has 0 amide bonds. The second kappa shape index (κ2) is 12.0. The Hall–Kier alpha value is -2.77. The van der Waals surface area contributed by atoms with Gasteiger partial charge in [0.15, 0.2) is 11.7 Å². The molecule has 3 rings (SSSR count). The molecular formula is C19H28N7O9P. The molecule has 0 aromatic carbocycles. The zero-order chi connectivity index (χ0) is 26.6. The van der Waals surface area contributed by atoms with Crippen LogP contribution in [0, 0.1) is 11.3 Å². The average molecular weight is 529 g/mol. The molecule has 198 valence electrons. The quantitative estimate of drug-likeness (QED) is 0.165. The van der Waals surface area contributed by atoms with E-state index in [1.807, 2.05) is 6.92 Å². The summed E-state index contributed by atoms with van der Waals surface area (Å²) in [5.41, 5.74) is -0.672. The highest BCUT2D eigenvalue weighted by atomic mass is 31.2. The molecular weight excluding hydrogens is 501 g/mol. The number of ether oxygens (including phenoxy) is 2. The zero-order valence-corrected chi connectivity index (χ0v) is 20.6. The van der Waals surface area contributed by atoms with E-state index in [2.05, 4.69) is 20.5 Å². The summed E-state index contributed by atoms with van der Waals surface area (Å²) in [6.45, 7) is 4.54. The predicted molar refractivity (Wildman–Crippen MR) is 121 cm³/mol. The third-order valence-corrected chi connectivity index (χ3v) is 7.10. The summed E-state index contributed by atoms with van der Waals surface area (Å²) in [5.74, 6) is -2.90. The molecule has 6 unspecified atom stereocenters. The number of aliphatic hydroxyl groups excluding tert-OH is 2. The van der Waals surface area contributed by atoms with E-state index in [1.165, 1.54) is 0 Å². The standard InChI is InChI=1S/C19H28N7O9P/c1-4-5-10-12-13(26(32)22-10)16(29)25(24-21-12)17-15(28)14(27)11(35-17)8-33-19(18(30)31)36(23-9(2)3)34-7-6-20/h9,11,14-15,17,19,23,27-28,32H,4-5,7-8H2,1-3H3,(H,30,31). The van der Waals surface area contributed by atoms with Crippen LogP contribution in [0.1, 0.15) is 39.1 Å². The van der Waals surface area contributed by atoms with Crippen molar-refractivity contribution >= 4 is 25.3 Å². The molecule has 3 heterocycles. The van der Waals surface area contributed by atoms with E-state index in [1.54, 1.807) is 19.9 Å². The first-order valence-electron chi connectivity index (χ1n) is 11.1. The molecule has 1 aliphatic rings. The lowest BCUT2D eigenvalue weighted by Crippen LogP contribution is -2.38. The number of aromatic nitrogens is 5. The van der Waals surface area contributed by atoms with Gasteiger partial charge in [0.2, 0.25) is 5.85 Å². The number of fused-ring (bicyclic) bond motifs is 1. The zero-order valence-electron chi connectivity index (χ0n) is 19.8. The summed E-state index contributed by atoms with van der Waals surface area (Å²) >= 11 is 0. The van der Waals surface area contributed by atoms with Crippen molar-refractivity contribution in [1.29, 1.82) is 5.26 Å². The topological polar surface area (TPSA) is 227 Å². The molecule has 1 fully saturated rings. The maximum absolute atomic E-state index is 13.0. The summed E-state index contributed by atoms with van der Waals surface area (Å²) in [7, 11) is -1.95. The Kier molecular flexibility index (Phi) is 9.25. The van der Waals surface area contributed by atoms with E-state index >= 15 is 0 Å². The van der Waals surface area contributed by atoms with Gasteiger partial charge in [-0.1, -0.05) is 23.4 Å².